The van der Waals surface area contributed by atoms with Gasteiger partial charge in [-0.15, -0.1) is 0 Å². The standard InChI is InChI=1S/C21H19N3O3S/c1-14(25)16-9-6-10-17(11-16)22-19(26)13-24-20(27)12-18(23-21(24)28-2)15-7-4-3-5-8-15/h3-12H,13H2,1-2H3,(H,22,26). The zero-order valence-electron chi connectivity index (χ0n) is 15.5. The van der Waals surface area contributed by atoms with Gasteiger partial charge < -0.3 is 5.32 Å². The molecule has 3 rings (SSSR count). The van der Waals surface area contributed by atoms with Crippen molar-refractivity contribution in [1.29, 1.82) is 0 Å². The van der Waals surface area contributed by atoms with E-state index in [0.717, 1.165) is 5.56 Å². The van der Waals surface area contributed by atoms with Gasteiger partial charge in [0.15, 0.2) is 10.9 Å². The zero-order chi connectivity index (χ0) is 20.1. The monoisotopic (exact) mass is 393 g/mol. The van der Waals surface area contributed by atoms with Gasteiger partial charge in [-0.3, -0.25) is 19.0 Å². The Bertz CT molecular complexity index is 1080. The highest BCUT2D eigenvalue weighted by molar-refractivity contribution is 7.98. The Morgan fingerprint density at radius 1 is 1.07 bits per heavy atom. The number of carbonyl (C=O) groups is 2. The molecular weight excluding hydrogens is 374 g/mol. The molecule has 1 heterocycles. The van der Waals surface area contributed by atoms with Gasteiger partial charge in [-0.25, -0.2) is 4.98 Å². The number of hydrogen-bond donors (Lipinski definition) is 1. The van der Waals surface area contributed by atoms with E-state index in [2.05, 4.69) is 10.3 Å². The summed E-state index contributed by atoms with van der Waals surface area (Å²) in [7, 11) is 0. The predicted octanol–water partition coefficient (Wildman–Crippen LogP) is 3.47. The molecule has 0 radical (unpaired) electrons. The number of Topliss-reactive ketones (excluding diaryl/α,β-unsaturated/α-hetero) is 1. The average molecular weight is 393 g/mol. The third kappa shape index (κ3) is 4.55. The van der Waals surface area contributed by atoms with Crippen molar-refractivity contribution in [1.82, 2.24) is 9.55 Å². The second-order valence-corrected chi connectivity index (χ2v) is 6.88. The fourth-order valence-electron chi connectivity index (χ4n) is 2.70. The number of hydrogen-bond acceptors (Lipinski definition) is 5. The van der Waals surface area contributed by atoms with E-state index < -0.39 is 0 Å². The Kier molecular flexibility index (Phi) is 6.06. The first-order chi connectivity index (χ1) is 13.5. The summed E-state index contributed by atoms with van der Waals surface area (Å²) in [4.78, 5) is 41.1. The van der Waals surface area contributed by atoms with Crippen LogP contribution >= 0.6 is 11.8 Å². The van der Waals surface area contributed by atoms with Gasteiger partial charge in [-0.2, -0.15) is 0 Å². The van der Waals surface area contributed by atoms with Crippen molar-refractivity contribution in [2.45, 2.75) is 18.6 Å². The number of carbonyl (C=O) groups excluding carboxylic acids is 2. The lowest BCUT2D eigenvalue weighted by atomic mass is 10.1. The summed E-state index contributed by atoms with van der Waals surface area (Å²) in [5, 5.41) is 3.18. The van der Waals surface area contributed by atoms with Gasteiger partial charge in [0.25, 0.3) is 5.56 Å². The van der Waals surface area contributed by atoms with Crippen molar-refractivity contribution in [3.05, 3.63) is 76.6 Å². The van der Waals surface area contributed by atoms with Crippen LogP contribution in [0, 0.1) is 0 Å². The van der Waals surface area contributed by atoms with Gasteiger partial charge in [0.1, 0.15) is 6.54 Å². The van der Waals surface area contributed by atoms with Gasteiger partial charge in [-0.05, 0) is 25.3 Å². The molecule has 0 spiro atoms. The van der Waals surface area contributed by atoms with Crippen LogP contribution in [-0.4, -0.2) is 27.5 Å². The molecule has 1 amide bonds. The first-order valence-electron chi connectivity index (χ1n) is 8.60. The Morgan fingerprint density at radius 2 is 1.82 bits per heavy atom. The van der Waals surface area contributed by atoms with Crippen molar-refractivity contribution in [3.63, 3.8) is 0 Å². The smallest absolute Gasteiger partial charge is 0.255 e. The zero-order valence-corrected chi connectivity index (χ0v) is 16.3. The highest BCUT2D eigenvalue weighted by Crippen LogP contribution is 2.19. The first kappa shape index (κ1) is 19.6. The maximum absolute atomic E-state index is 12.6. The number of benzene rings is 2. The SMILES string of the molecule is CSc1nc(-c2ccccc2)cc(=O)n1CC(=O)Nc1cccc(C(C)=O)c1. The first-order valence-corrected chi connectivity index (χ1v) is 9.82. The van der Waals surface area contributed by atoms with Crippen molar-refractivity contribution in [2.24, 2.45) is 0 Å². The molecule has 3 aromatic rings. The minimum absolute atomic E-state index is 0.0855. The molecular formula is C21H19N3O3S. The molecule has 0 saturated heterocycles. The van der Waals surface area contributed by atoms with Gasteiger partial charge in [-0.1, -0.05) is 54.2 Å². The van der Waals surface area contributed by atoms with Crippen molar-refractivity contribution < 1.29 is 9.59 Å². The lowest BCUT2D eigenvalue weighted by molar-refractivity contribution is -0.116. The molecule has 0 aliphatic rings. The summed E-state index contributed by atoms with van der Waals surface area (Å²) in [6.45, 7) is 1.30. The van der Waals surface area contributed by atoms with Crippen LogP contribution in [0.25, 0.3) is 11.3 Å². The van der Waals surface area contributed by atoms with Crippen LogP contribution in [0.1, 0.15) is 17.3 Å². The second-order valence-electron chi connectivity index (χ2n) is 6.10. The van der Waals surface area contributed by atoms with E-state index in [4.69, 9.17) is 0 Å². The van der Waals surface area contributed by atoms with Crippen molar-refractivity contribution >= 4 is 29.1 Å². The second kappa shape index (κ2) is 8.67. The Labute approximate surface area is 166 Å². The Morgan fingerprint density at radius 3 is 2.50 bits per heavy atom. The number of ketones is 1. The molecule has 0 fully saturated rings. The van der Waals surface area contributed by atoms with Crippen LogP contribution in [0.2, 0.25) is 0 Å². The highest BCUT2D eigenvalue weighted by Gasteiger charge is 2.13. The predicted molar refractivity (Wildman–Crippen MR) is 111 cm³/mol. The molecule has 0 bridgehead atoms. The molecule has 142 valence electrons. The summed E-state index contributed by atoms with van der Waals surface area (Å²) in [5.41, 5.74) is 2.12. The number of rotatable bonds is 6. The number of thioether (sulfide) groups is 1. The molecule has 0 unspecified atom stereocenters. The molecule has 0 atom stereocenters. The maximum atomic E-state index is 12.6. The average Bonchev–Trinajstić information content (AvgIpc) is 2.70. The number of nitrogens with one attached hydrogen (secondary N) is 1. The van der Waals surface area contributed by atoms with E-state index in [1.165, 1.54) is 29.3 Å². The topological polar surface area (TPSA) is 81.1 Å². The Balaban J connectivity index is 1.84. The lowest BCUT2D eigenvalue weighted by Gasteiger charge is -2.12. The lowest BCUT2D eigenvalue weighted by Crippen LogP contribution is -2.29. The van der Waals surface area contributed by atoms with Crippen molar-refractivity contribution in [3.8, 4) is 11.3 Å². The molecule has 6 nitrogen and oxygen atoms in total. The fourth-order valence-corrected chi connectivity index (χ4v) is 3.27. The van der Waals surface area contributed by atoms with Gasteiger partial charge in [0.05, 0.1) is 5.69 Å². The molecule has 1 aromatic heterocycles. The minimum Gasteiger partial charge on any atom is -0.325 e. The molecule has 2 aromatic carbocycles. The van der Waals surface area contributed by atoms with Crippen LogP contribution in [-0.2, 0) is 11.3 Å². The third-order valence-corrected chi connectivity index (χ3v) is 4.76. The van der Waals surface area contributed by atoms with E-state index in [-0.39, 0.29) is 23.8 Å². The quantitative estimate of drug-likeness (QED) is 0.394. The number of nitrogens with zero attached hydrogens (tertiary/aromatic N) is 2. The molecule has 7 heteroatoms. The molecule has 0 aliphatic carbocycles. The summed E-state index contributed by atoms with van der Waals surface area (Å²) in [6.07, 6.45) is 1.81. The van der Waals surface area contributed by atoms with Crippen LogP contribution < -0.4 is 10.9 Å². The normalized spacial score (nSPS) is 10.5. The largest absolute Gasteiger partial charge is 0.325 e. The van der Waals surface area contributed by atoms with Crippen molar-refractivity contribution in [2.75, 3.05) is 11.6 Å². The highest BCUT2D eigenvalue weighted by atomic mass is 32.2. The van der Waals surface area contributed by atoms with E-state index in [0.29, 0.717) is 22.1 Å². The van der Waals surface area contributed by atoms with Gasteiger partial charge in [0, 0.05) is 22.9 Å². The third-order valence-electron chi connectivity index (χ3n) is 4.08. The number of amides is 1. The van der Waals surface area contributed by atoms with E-state index >= 15 is 0 Å². The minimum atomic E-state index is -0.368. The summed E-state index contributed by atoms with van der Waals surface area (Å²) < 4.78 is 1.33. The molecule has 0 saturated carbocycles. The molecule has 1 N–H and O–H groups in total. The summed E-state index contributed by atoms with van der Waals surface area (Å²) in [6, 6.07) is 17.5. The summed E-state index contributed by atoms with van der Waals surface area (Å²) >= 11 is 1.30. The molecule has 28 heavy (non-hydrogen) atoms. The number of aromatic nitrogens is 2. The van der Waals surface area contributed by atoms with E-state index in [1.54, 1.807) is 30.5 Å². The van der Waals surface area contributed by atoms with E-state index in [9.17, 15) is 14.4 Å². The summed E-state index contributed by atoms with van der Waals surface area (Å²) in [5.74, 6) is -0.454. The molecule has 0 aliphatic heterocycles. The maximum Gasteiger partial charge on any atom is 0.255 e. The Hall–Kier alpha value is -3.19. The number of anilines is 1. The van der Waals surface area contributed by atoms with Crippen LogP contribution in [0.4, 0.5) is 5.69 Å². The van der Waals surface area contributed by atoms with Gasteiger partial charge in [0.2, 0.25) is 5.91 Å². The van der Waals surface area contributed by atoms with Gasteiger partial charge >= 0.3 is 0 Å². The van der Waals surface area contributed by atoms with Crippen LogP contribution in [0.15, 0.2) is 70.6 Å². The fraction of sp³-hybridized carbons (Fsp3) is 0.143. The van der Waals surface area contributed by atoms with E-state index in [1.807, 2.05) is 30.3 Å². The van der Waals surface area contributed by atoms with Crippen LogP contribution in [0.3, 0.4) is 0 Å². The van der Waals surface area contributed by atoms with Crippen LogP contribution in [0.5, 0.6) is 0 Å².